The number of aryl methyl sites for hydroxylation is 1. The second kappa shape index (κ2) is 8.49. The lowest BCUT2D eigenvalue weighted by Gasteiger charge is -2.09. The van der Waals surface area contributed by atoms with Crippen molar-refractivity contribution in [2.75, 3.05) is 0 Å². The summed E-state index contributed by atoms with van der Waals surface area (Å²) in [6.45, 7) is 2.12. The van der Waals surface area contributed by atoms with Crippen LogP contribution in [-0.4, -0.2) is 14.5 Å². The minimum Gasteiger partial charge on any atom is -0.439 e. The van der Waals surface area contributed by atoms with Gasteiger partial charge in [-0.2, -0.15) is 0 Å². The lowest BCUT2D eigenvalue weighted by Crippen LogP contribution is -1.96. The molecule has 3 aromatic carbocycles. The highest BCUT2D eigenvalue weighted by Gasteiger charge is 2.14. The first-order valence-electron chi connectivity index (χ1n) is 11.5. The molecule has 3 heterocycles. The van der Waals surface area contributed by atoms with Gasteiger partial charge < -0.3 is 4.74 Å². The first-order valence-corrected chi connectivity index (χ1v) is 11.5. The monoisotopic (exact) mass is 441 g/mol. The van der Waals surface area contributed by atoms with E-state index in [2.05, 4.69) is 82.1 Å². The van der Waals surface area contributed by atoms with Crippen molar-refractivity contribution in [3.63, 3.8) is 0 Å². The summed E-state index contributed by atoms with van der Waals surface area (Å²) in [6.07, 6.45) is 4.66. The van der Waals surface area contributed by atoms with Gasteiger partial charge in [0.1, 0.15) is 11.6 Å². The van der Waals surface area contributed by atoms with Gasteiger partial charge in [0.2, 0.25) is 5.88 Å². The Morgan fingerprint density at radius 1 is 0.706 bits per heavy atom. The quantitative estimate of drug-likeness (QED) is 0.277. The van der Waals surface area contributed by atoms with Crippen molar-refractivity contribution in [3.05, 3.63) is 115 Å². The van der Waals surface area contributed by atoms with Crippen molar-refractivity contribution in [3.8, 4) is 28.6 Å². The summed E-state index contributed by atoms with van der Waals surface area (Å²) in [4.78, 5) is 9.06. The second-order valence-corrected chi connectivity index (χ2v) is 8.26. The molecular weight excluding hydrogens is 418 g/mol. The molecule has 0 saturated carbocycles. The minimum atomic E-state index is 0.597. The van der Waals surface area contributed by atoms with Gasteiger partial charge in [0, 0.05) is 29.2 Å². The maximum absolute atomic E-state index is 6.04. The molecule has 0 amide bonds. The molecule has 0 aliphatic heterocycles. The van der Waals surface area contributed by atoms with Gasteiger partial charge in [-0.3, -0.25) is 4.57 Å². The molecule has 0 unspecified atom stereocenters. The number of rotatable bonds is 5. The topological polar surface area (TPSA) is 39.9 Å². The Bertz CT molecular complexity index is 1600. The molecule has 0 fully saturated rings. The molecule has 3 aromatic heterocycles. The van der Waals surface area contributed by atoms with Crippen molar-refractivity contribution in [1.29, 1.82) is 0 Å². The summed E-state index contributed by atoms with van der Waals surface area (Å²) >= 11 is 0. The Hall–Kier alpha value is -4.44. The highest BCUT2D eigenvalue weighted by Crippen LogP contribution is 2.35. The molecule has 0 spiro atoms. The first-order chi connectivity index (χ1) is 16.8. The van der Waals surface area contributed by atoms with E-state index in [1.165, 1.54) is 16.3 Å². The Balaban J connectivity index is 1.44. The average molecular weight is 442 g/mol. The number of para-hydroxylation sites is 1. The van der Waals surface area contributed by atoms with Crippen LogP contribution < -0.4 is 4.74 Å². The van der Waals surface area contributed by atoms with Gasteiger partial charge in [-0.1, -0.05) is 61.5 Å². The van der Waals surface area contributed by atoms with E-state index in [0.29, 0.717) is 5.88 Å². The summed E-state index contributed by atoms with van der Waals surface area (Å²) in [7, 11) is 0. The van der Waals surface area contributed by atoms with Crippen LogP contribution in [0.5, 0.6) is 11.6 Å². The van der Waals surface area contributed by atoms with Crippen LogP contribution in [0.3, 0.4) is 0 Å². The van der Waals surface area contributed by atoms with Gasteiger partial charge in [-0.15, -0.1) is 0 Å². The van der Waals surface area contributed by atoms with Crippen LogP contribution >= 0.6 is 0 Å². The number of aromatic nitrogens is 3. The molecule has 0 N–H and O–H groups in total. The number of hydrogen-bond acceptors (Lipinski definition) is 3. The Kier molecular flexibility index (Phi) is 5.04. The van der Waals surface area contributed by atoms with Crippen molar-refractivity contribution in [2.24, 2.45) is 0 Å². The SMILES string of the molecule is CCc1ccc(Oc2cccc(-c3ccc4c5ccccc5n(-c5ccccn5)c4c3)c2)nc1. The third kappa shape index (κ3) is 3.59. The van der Waals surface area contributed by atoms with Crippen molar-refractivity contribution < 1.29 is 4.74 Å². The van der Waals surface area contributed by atoms with Crippen LogP contribution in [0.1, 0.15) is 12.5 Å². The predicted molar refractivity (Wildman–Crippen MR) is 138 cm³/mol. The van der Waals surface area contributed by atoms with Crippen LogP contribution in [0.2, 0.25) is 0 Å². The number of fused-ring (bicyclic) bond motifs is 3. The molecule has 4 heteroatoms. The van der Waals surface area contributed by atoms with Crippen molar-refractivity contribution in [1.82, 2.24) is 14.5 Å². The van der Waals surface area contributed by atoms with E-state index in [1.807, 2.05) is 48.8 Å². The fourth-order valence-corrected chi connectivity index (χ4v) is 4.42. The zero-order chi connectivity index (χ0) is 22.9. The lowest BCUT2D eigenvalue weighted by molar-refractivity contribution is 0.463. The van der Waals surface area contributed by atoms with Gasteiger partial charge in [0.15, 0.2) is 0 Å². The van der Waals surface area contributed by atoms with Crippen molar-refractivity contribution in [2.45, 2.75) is 13.3 Å². The highest BCUT2D eigenvalue weighted by atomic mass is 16.5. The van der Waals surface area contributed by atoms with Crippen molar-refractivity contribution >= 4 is 21.8 Å². The number of hydrogen-bond donors (Lipinski definition) is 0. The van der Waals surface area contributed by atoms with E-state index >= 15 is 0 Å². The number of pyridine rings is 2. The van der Waals surface area contributed by atoms with Crippen LogP contribution in [0.25, 0.3) is 38.8 Å². The van der Waals surface area contributed by atoms with Gasteiger partial charge in [-0.05, 0) is 59.5 Å². The van der Waals surface area contributed by atoms with Gasteiger partial charge in [-0.25, -0.2) is 9.97 Å². The van der Waals surface area contributed by atoms with E-state index < -0.39 is 0 Å². The molecule has 34 heavy (non-hydrogen) atoms. The van der Waals surface area contributed by atoms with Crippen LogP contribution in [-0.2, 0) is 6.42 Å². The average Bonchev–Trinajstić information content (AvgIpc) is 3.23. The second-order valence-electron chi connectivity index (χ2n) is 8.26. The Morgan fingerprint density at radius 2 is 1.56 bits per heavy atom. The molecule has 0 aliphatic rings. The third-order valence-corrected chi connectivity index (χ3v) is 6.15. The molecule has 4 nitrogen and oxygen atoms in total. The molecule has 0 atom stereocenters. The Labute approximate surface area is 198 Å². The number of benzene rings is 3. The van der Waals surface area contributed by atoms with E-state index in [-0.39, 0.29) is 0 Å². The molecule has 0 aliphatic carbocycles. The molecule has 0 saturated heterocycles. The molecule has 0 bridgehead atoms. The summed E-state index contributed by atoms with van der Waals surface area (Å²) in [6, 6.07) is 33.2. The summed E-state index contributed by atoms with van der Waals surface area (Å²) < 4.78 is 8.27. The number of nitrogens with zero attached hydrogens (tertiary/aromatic N) is 3. The fraction of sp³-hybridized carbons (Fsp3) is 0.0667. The first kappa shape index (κ1) is 20.2. The normalized spacial score (nSPS) is 11.2. The van der Waals surface area contributed by atoms with E-state index in [9.17, 15) is 0 Å². The molecular formula is C30H23N3O. The number of ether oxygens (including phenoxy) is 1. The standard InChI is InChI=1S/C30H23N3O/c1-2-21-13-16-30(32-20-21)34-24-9-7-8-22(18-24)23-14-15-26-25-10-3-4-11-27(25)33(28(26)19-23)29-12-5-6-17-31-29/h3-20H,2H2,1H3. The zero-order valence-electron chi connectivity index (χ0n) is 18.8. The highest BCUT2D eigenvalue weighted by molar-refractivity contribution is 6.10. The van der Waals surface area contributed by atoms with Gasteiger partial charge in [0.25, 0.3) is 0 Å². The van der Waals surface area contributed by atoms with Gasteiger partial charge >= 0.3 is 0 Å². The van der Waals surface area contributed by atoms with E-state index in [0.717, 1.165) is 40.1 Å². The largest absolute Gasteiger partial charge is 0.439 e. The zero-order valence-corrected chi connectivity index (χ0v) is 18.8. The van der Waals surface area contributed by atoms with E-state index in [4.69, 9.17) is 4.74 Å². The summed E-state index contributed by atoms with van der Waals surface area (Å²) in [5.74, 6) is 2.27. The molecule has 6 aromatic rings. The van der Waals surface area contributed by atoms with Gasteiger partial charge in [0.05, 0.1) is 11.0 Å². The lowest BCUT2D eigenvalue weighted by atomic mass is 10.0. The minimum absolute atomic E-state index is 0.597. The fourth-order valence-electron chi connectivity index (χ4n) is 4.42. The maximum atomic E-state index is 6.04. The molecule has 6 rings (SSSR count). The Morgan fingerprint density at radius 3 is 2.38 bits per heavy atom. The maximum Gasteiger partial charge on any atom is 0.219 e. The smallest absolute Gasteiger partial charge is 0.219 e. The molecule has 0 radical (unpaired) electrons. The van der Waals surface area contributed by atoms with Crippen LogP contribution in [0.4, 0.5) is 0 Å². The van der Waals surface area contributed by atoms with Crippen LogP contribution in [0.15, 0.2) is 109 Å². The van der Waals surface area contributed by atoms with E-state index in [1.54, 1.807) is 0 Å². The van der Waals surface area contributed by atoms with Crippen LogP contribution in [0, 0.1) is 0 Å². The predicted octanol–water partition coefficient (Wildman–Crippen LogP) is 7.60. The summed E-state index contributed by atoms with van der Waals surface area (Å²) in [5.41, 5.74) is 5.67. The third-order valence-electron chi connectivity index (χ3n) is 6.15. The summed E-state index contributed by atoms with van der Waals surface area (Å²) in [5, 5.41) is 2.42. The molecule has 164 valence electrons.